The molecule has 2 fully saturated rings. The van der Waals surface area contributed by atoms with Gasteiger partial charge in [-0.25, -0.2) is 0 Å². The summed E-state index contributed by atoms with van der Waals surface area (Å²) in [6, 6.07) is 0. The van der Waals surface area contributed by atoms with Crippen molar-refractivity contribution < 1.29 is 0 Å². The summed E-state index contributed by atoms with van der Waals surface area (Å²) in [7, 11) is 2.61. The standard InChI is InChI=1S/C15H30P2/c1-3-8-14(9-4-1)16-12-7-13-17-15-10-5-2-6-11-15/h14-17H,1-13H2. The largest absolute Gasteiger partial charge is 0.119 e. The van der Waals surface area contributed by atoms with Gasteiger partial charge in [0.1, 0.15) is 0 Å². The van der Waals surface area contributed by atoms with Gasteiger partial charge in [-0.3, -0.25) is 0 Å². The molecule has 2 atom stereocenters. The molecule has 17 heavy (non-hydrogen) atoms. The fourth-order valence-electron chi connectivity index (χ4n) is 3.31. The minimum atomic E-state index is 1.14. The summed E-state index contributed by atoms with van der Waals surface area (Å²) < 4.78 is 0. The quantitative estimate of drug-likeness (QED) is 0.448. The Bertz CT molecular complexity index is 161. The van der Waals surface area contributed by atoms with E-state index in [0.29, 0.717) is 0 Å². The third-order valence-corrected chi connectivity index (χ3v) is 8.02. The Labute approximate surface area is 112 Å². The van der Waals surface area contributed by atoms with Gasteiger partial charge in [0.2, 0.25) is 0 Å². The van der Waals surface area contributed by atoms with Crippen LogP contribution < -0.4 is 0 Å². The van der Waals surface area contributed by atoms with Crippen LogP contribution in [0.1, 0.15) is 70.6 Å². The first-order chi connectivity index (χ1) is 8.45. The monoisotopic (exact) mass is 272 g/mol. The summed E-state index contributed by atoms with van der Waals surface area (Å²) in [6.45, 7) is 0. The van der Waals surface area contributed by atoms with Crippen molar-refractivity contribution >= 4 is 17.2 Å². The van der Waals surface area contributed by atoms with Gasteiger partial charge in [-0.2, -0.15) is 0 Å². The van der Waals surface area contributed by atoms with Gasteiger partial charge in [0, 0.05) is 0 Å². The molecule has 2 heteroatoms. The minimum Gasteiger partial charge on any atom is -0.119 e. The number of rotatable bonds is 6. The molecule has 0 aromatic rings. The highest BCUT2D eigenvalue weighted by Gasteiger charge is 2.14. The number of hydrogen-bond donors (Lipinski definition) is 0. The lowest BCUT2D eigenvalue weighted by Gasteiger charge is -2.23. The highest BCUT2D eigenvalue weighted by Crippen LogP contribution is 2.36. The van der Waals surface area contributed by atoms with Crippen molar-refractivity contribution in [3.8, 4) is 0 Å². The minimum absolute atomic E-state index is 1.14. The summed E-state index contributed by atoms with van der Waals surface area (Å²) in [5, 5.41) is 0. The molecule has 2 unspecified atom stereocenters. The van der Waals surface area contributed by atoms with Gasteiger partial charge < -0.3 is 0 Å². The van der Waals surface area contributed by atoms with Gasteiger partial charge in [-0.1, -0.05) is 38.5 Å². The number of hydrogen-bond acceptors (Lipinski definition) is 0. The Morgan fingerprint density at radius 3 is 1.41 bits per heavy atom. The van der Waals surface area contributed by atoms with Gasteiger partial charge >= 0.3 is 0 Å². The molecule has 0 amide bonds. The molecular weight excluding hydrogens is 242 g/mol. The van der Waals surface area contributed by atoms with Gasteiger partial charge in [0.15, 0.2) is 0 Å². The molecule has 2 saturated carbocycles. The third kappa shape index (κ3) is 6.02. The maximum absolute atomic E-state index is 1.56. The maximum Gasteiger partial charge on any atom is -0.0237 e. The summed E-state index contributed by atoms with van der Waals surface area (Å²) in [6.07, 6.45) is 20.1. The van der Waals surface area contributed by atoms with Crippen molar-refractivity contribution in [1.82, 2.24) is 0 Å². The molecule has 0 saturated heterocycles. The average Bonchev–Trinajstić information content (AvgIpc) is 2.41. The molecule has 0 aromatic heterocycles. The average molecular weight is 272 g/mol. The second-order valence-electron chi connectivity index (χ2n) is 5.93. The van der Waals surface area contributed by atoms with Gasteiger partial charge in [-0.15, -0.1) is 17.2 Å². The molecule has 2 rings (SSSR count). The lowest BCUT2D eigenvalue weighted by Crippen LogP contribution is -2.08. The van der Waals surface area contributed by atoms with Crippen LogP contribution in [0.15, 0.2) is 0 Å². The van der Waals surface area contributed by atoms with E-state index in [0.717, 1.165) is 11.3 Å². The zero-order valence-corrected chi connectivity index (χ0v) is 13.3. The van der Waals surface area contributed by atoms with Crippen molar-refractivity contribution in [2.75, 3.05) is 12.3 Å². The highest BCUT2D eigenvalue weighted by atomic mass is 31.1. The van der Waals surface area contributed by atoms with E-state index in [1.165, 1.54) is 55.7 Å². The first kappa shape index (κ1) is 14.3. The van der Waals surface area contributed by atoms with Crippen LogP contribution >= 0.6 is 17.2 Å². The summed E-state index contributed by atoms with van der Waals surface area (Å²) in [4.78, 5) is 0. The fourth-order valence-corrected chi connectivity index (χ4v) is 6.88. The van der Waals surface area contributed by atoms with Crippen molar-refractivity contribution in [3.05, 3.63) is 0 Å². The molecule has 0 radical (unpaired) electrons. The summed E-state index contributed by atoms with van der Waals surface area (Å²) in [5.41, 5.74) is 2.28. The highest BCUT2D eigenvalue weighted by molar-refractivity contribution is 7.40. The molecule has 2 aliphatic carbocycles. The molecule has 0 heterocycles. The molecule has 0 nitrogen and oxygen atoms in total. The molecule has 0 aromatic carbocycles. The van der Waals surface area contributed by atoms with Crippen molar-refractivity contribution in [1.29, 1.82) is 0 Å². The zero-order chi connectivity index (χ0) is 11.8. The van der Waals surface area contributed by atoms with Crippen LogP contribution in [0.25, 0.3) is 0 Å². The Kier molecular flexibility index (Phi) is 7.45. The van der Waals surface area contributed by atoms with Crippen molar-refractivity contribution in [3.63, 3.8) is 0 Å². The van der Waals surface area contributed by atoms with Crippen LogP contribution in [0, 0.1) is 0 Å². The van der Waals surface area contributed by atoms with Gasteiger partial charge in [0.25, 0.3) is 0 Å². The predicted octanol–water partition coefficient (Wildman–Crippen LogP) is 5.40. The molecule has 100 valence electrons. The van der Waals surface area contributed by atoms with E-state index < -0.39 is 0 Å². The topological polar surface area (TPSA) is 0 Å². The van der Waals surface area contributed by atoms with Crippen LogP contribution in [0.2, 0.25) is 0 Å². The molecular formula is C15H30P2. The smallest absolute Gasteiger partial charge is 0.0237 e. The molecule has 0 bridgehead atoms. The molecule has 0 aliphatic heterocycles. The van der Waals surface area contributed by atoms with E-state index in [1.807, 2.05) is 0 Å². The van der Waals surface area contributed by atoms with E-state index in [9.17, 15) is 0 Å². The first-order valence-corrected chi connectivity index (χ1v) is 10.5. The normalized spacial score (nSPS) is 25.4. The Morgan fingerprint density at radius 1 is 0.588 bits per heavy atom. The molecule has 0 N–H and O–H groups in total. The predicted molar refractivity (Wildman–Crippen MR) is 84.7 cm³/mol. The molecule has 0 spiro atoms. The van der Waals surface area contributed by atoms with Crippen LogP contribution in [0.3, 0.4) is 0 Å². The lowest BCUT2D eigenvalue weighted by molar-refractivity contribution is 0.512. The Hall–Kier alpha value is 0.860. The van der Waals surface area contributed by atoms with Crippen LogP contribution in [0.4, 0.5) is 0 Å². The van der Waals surface area contributed by atoms with E-state index in [-0.39, 0.29) is 0 Å². The second kappa shape index (κ2) is 8.87. The van der Waals surface area contributed by atoms with Gasteiger partial charge in [0.05, 0.1) is 0 Å². The van der Waals surface area contributed by atoms with E-state index in [4.69, 9.17) is 0 Å². The fraction of sp³-hybridized carbons (Fsp3) is 1.00. The van der Waals surface area contributed by atoms with E-state index >= 15 is 0 Å². The summed E-state index contributed by atoms with van der Waals surface area (Å²) >= 11 is 0. The van der Waals surface area contributed by atoms with E-state index in [2.05, 4.69) is 0 Å². The Balaban J connectivity index is 1.42. The summed E-state index contributed by atoms with van der Waals surface area (Å²) in [5.74, 6) is 0. The van der Waals surface area contributed by atoms with Crippen LogP contribution in [0.5, 0.6) is 0 Å². The maximum atomic E-state index is 1.56. The van der Waals surface area contributed by atoms with Crippen LogP contribution in [-0.4, -0.2) is 23.6 Å². The van der Waals surface area contributed by atoms with Gasteiger partial charge in [-0.05, 0) is 55.7 Å². The van der Waals surface area contributed by atoms with Crippen LogP contribution in [-0.2, 0) is 0 Å². The third-order valence-electron chi connectivity index (χ3n) is 4.43. The van der Waals surface area contributed by atoms with E-state index in [1.54, 1.807) is 44.4 Å². The van der Waals surface area contributed by atoms with Crippen molar-refractivity contribution in [2.24, 2.45) is 0 Å². The SMILES string of the molecule is C1CCC(PCCCPC2CCCCC2)CC1. The zero-order valence-electron chi connectivity index (χ0n) is 11.3. The lowest BCUT2D eigenvalue weighted by atomic mass is 10.0. The van der Waals surface area contributed by atoms with Crippen molar-refractivity contribution in [2.45, 2.75) is 81.9 Å². The first-order valence-electron chi connectivity index (χ1n) is 7.92. The second-order valence-corrected chi connectivity index (χ2v) is 9.38. The Morgan fingerprint density at radius 2 is 1.00 bits per heavy atom. The molecule has 2 aliphatic rings.